The zero-order valence-electron chi connectivity index (χ0n) is 19.6. The zero-order valence-corrected chi connectivity index (χ0v) is 19.6. The van der Waals surface area contributed by atoms with E-state index in [2.05, 4.69) is 4.98 Å². The highest BCUT2D eigenvalue weighted by molar-refractivity contribution is 5.91. The maximum atomic E-state index is 13.5. The molecule has 0 aliphatic rings. The number of nitrogens with zero attached hydrogens (tertiary/aromatic N) is 2. The fourth-order valence-electron chi connectivity index (χ4n) is 3.90. The largest absolute Gasteiger partial charge is 0.484 e. The molecule has 0 saturated carbocycles. The van der Waals surface area contributed by atoms with Crippen molar-refractivity contribution in [2.45, 2.75) is 32.4 Å². The van der Waals surface area contributed by atoms with Crippen LogP contribution in [0.15, 0.2) is 79.1 Å². The molecule has 5 nitrogen and oxygen atoms in total. The van der Waals surface area contributed by atoms with Crippen LogP contribution in [0.3, 0.4) is 0 Å². The Balaban J connectivity index is 1.59. The maximum Gasteiger partial charge on any atom is 0.338 e. The minimum absolute atomic E-state index is 0.285. The van der Waals surface area contributed by atoms with Crippen LogP contribution in [0.25, 0.3) is 0 Å². The molecule has 7 heteroatoms. The van der Waals surface area contributed by atoms with Crippen LogP contribution in [0.5, 0.6) is 5.75 Å². The van der Waals surface area contributed by atoms with E-state index >= 15 is 0 Å². The molecule has 0 N–H and O–H groups in total. The molecule has 3 aromatic carbocycles. The predicted molar refractivity (Wildman–Crippen MR) is 128 cm³/mol. The number of halogens is 2. The standard InChI is InChI=1S/C28H26F2N2O3/c1-19-31-15-16-32(19)18-27(22-7-12-24(30)13-8-22)35-25-14-9-21(26(17-25)28(33)34-2)6-3-20-4-10-23(29)11-5-20/h4-5,7-17,27H,3,6,18H2,1-2H3. The second-order valence-corrected chi connectivity index (χ2v) is 8.22. The SMILES string of the molecule is COC(=O)c1cc(OC(Cn2ccnc2C)c2ccc(F)cc2)ccc1CCc1ccc(F)cc1. The Morgan fingerprint density at radius 1 is 0.971 bits per heavy atom. The number of carbonyl (C=O) groups excluding carboxylic acids is 1. The van der Waals surface area contributed by atoms with Crippen LogP contribution < -0.4 is 4.74 Å². The van der Waals surface area contributed by atoms with Crippen LogP contribution in [-0.2, 0) is 24.1 Å². The fraction of sp³-hybridized carbons (Fsp3) is 0.214. The van der Waals surface area contributed by atoms with E-state index in [0.717, 1.165) is 22.5 Å². The minimum Gasteiger partial charge on any atom is -0.484 e. The fourth-order valence-corrected chi connectivity index (χ4v) is 3.90. The quantitative estimate of drug-likeness (QED) is 0.284. The van der Waals surface area contributed by atoms with Crippen LogP contribution in [0.1, 0.15) is 39.0 Å². The predicted octanol–water partition coefficient (Wildman–Crippen LogP) is 5.86. The first-order chi connectivity index (χ1) is 16.9. The normalized spacial score (nSPS) is 11.8. The Kier molecular flexibility index (Phi) is 7.55. The summed E-state index contributed by atoms with van der Waals surface area (Å²) in [6.45, 7) is 2.35. The van der Waals surface area contributed by atoms with Crippen LogP contribution >= 0.6 is 0 Å². The lowest BCUT2D eigenvalue weighted by Crippen LogP contribution is -2.16. The Morgan fingerprint density at radius 2 is 1.66 bits per heavy atom. The summed E-state index contributed by atoms with van der Waals surface area (Å²) < 4.78 is 40.0. The molecule has 35 heavy (non-hydrogen) atoms. The Morgan fingerprint density at radius 3 is 2.29 bits per heavy atom. The number of hydrogen-bond acceptors (Lipinski definition) is 4. The van der Waals surface area contributed by atoms with Crippen molar-refractivity contribution < 1.29 is 23.0 Å². The summed E-state index contributed by atoms with van der Waals surface area (Å²) in [6.07, 6.45) is 4.34. The summed E-state index contributed by atoms with van der Waals surface area (Å²) in [5, 5.41) is 0. The summed E-state index contributed by atoms with van der Waals surface area (Å²) in [6, 6.07) is 17.8. The van der Waals surface area contributed by atoms with Crippen molar-refractivity contribution in [3.05, 3.63) is 119 Å². The number of hydrogen-bond donors (Lipinski definition) is 0. The third kappa shape index (κ3) is 6.12. The van der Waals surface area contributed by atoms with E-state index in [1.807, 2.05) is 29.8 Å². The van der Waals surface area contributed by atoms with Gasteiger partial charge >= 0.3 is 5.97 Å². The van der Waals surface area contributed by atoms with Gasteiger partial charge in [-0.3, -0.25) is 0 Å². The Bertz CT molecular complexity index is 1280. The average molecular weight is 477 g/mol. The lowest BCUT2D eigenvalue weighted by Gasteiger charge is -2.22. The minimum atomic E-state index is -0.464. The van der Waals surface area contributed by atoms with Gasteiger partial charge in [0.25, 0.3) is 0 Å². The van der Waals surface area contributed by atoms with E-state index in [4.69, 9.17) is 9.47 Å². The number of rotatable bonds is 9. The molecule has 1 atom stereocenters. The van der Waals surface area contributed by atoms with Gasteiger partial charge in [0.2, 0.25) is 0 Å². The van der Waals surface area contributed by atoms with Crippen molar-refractivity contribution in [1.29, 1.82) is 0 Å². The summed E-state index contributed by atoms with van der Waals surface area (Å²) in [4.78, 5) is 16.8. The molecule has 4 aromatic rings. The van der Waals surface area contributed by atoms with Crippen LogP contribution in [0.4, 0.5) is 8.78 Å². The van der Waals surface area contributed by atoms with E-state index < -0.39 is 12.1 Å². The molecule has 0 radical (unpaired) electrons. The monoisotopic (exact) mass is 476 g/mol. The summed E-state index contributed by atoms with van der Waals surface area (Å²) in [7, 11) is 1.34. The number of carbonyl (C=O) groups is 1. The highest BCUT2D eigenvalue weighted by Gasteiger charge is 2.19. The van der Waals surface area contributed by atoms with Crippen LogP contribution in [0, 0.1) is 18.6 Å². The highest BCUT2D eigenvalue weighted by atomic mass is 19.1. The number of imidazole rings is 1. The molecule has 4 rings (SSSR count). The maximum absolute atomic E-state index is 13.5. The molecule has 1 unspecified atom stereocenters. The Labute approximate surface area is 203 Å². The topological polar surface area (TPSA) is 53.4 Å². The van der Waals surface area contributed by atoms with Crippen molar-refractivity contribution in [2.24, 2.45) is 0 Å². The second-order valence-electron chi connectivity index (χ2n) is 8.22. The lowest BCUT2D eigenvalue weighted by molar-refractivity contribution is 0.0598. The van der Waals surface area contributed by atoms with Crippen molar-refractivity contribution in [3.8, 4) is 5.75 Å². The van der Waals surface area contributed by atoms with Gasteiger partial charge in [-0.1, -0.05) is 30.3 Å². The van der Waals surface area contributed by atoms with Crippen molar-refractivity contribution in [2.75, 3.05) is 7.11 Å². The summed E-state index contributed by atoms with van der Waals surface area (Å²) >= 11 is 0. The van der Waals surface area contributed by atoms with Gasteiger partial charge in [-0.05, 0) is 72.9 Å². The molecule has 180 valence electrons. The van der Waals surface area contributed by atoms with Crippen molar-refractivity contribution in [1.82, 2.24) is 9.55 Å². The van der Waals surface area contributed by atoms with Crippen LogP contribution in [0.2, 0.25) is 0 Å². The molecule has 0 fully saturated rings. The molecule has 0 spiro atoms. The molecule has 0 bridgehead atoms. The second kappa shape index (κ2) is 11.0. The smallest absolute Gasteiger partial charge is 0.338 e. The zero-order chi connectivity index (χ0) is 24.8. The van der Waals surface area contributed by atoms with Gasteiger partial charge in [-0.15, -0.1) is 0 Å². The summed E-state index contributed by atoms with van der Waals surface area (Å²) in [5.74, 6) is 0.236. The summed E-state index contributed by atoms with van der Waals surface area (Å²) in [5.41, 5.74) is 2.97. The van der Waals surface area contributed by atoms with E-state index in [9.17, 15) is 13.6 Å². The number of ether oxygens (including phenoxy) is 2. The van der Waals surface area contributed by atoms with Gasteiger partial charge in [0, 0.05) is 12.4 Å². The third-order valence-corrected chi connectivity index (χ3v) is 5.89. The number of benzene rings is 3. The first kappa shape index (κ1) is 24.1. The number of esters is 1. The Hall–Kier alpha value is -4.00. The van der Waals surface area contributed by atoms with Gasteiger partial charge in [-0.25, -0.2) is 18.6 Å². The number of aromatic nitrogens is 2. The molecular formula is C28H26F2N2O3. The molecule has 1 heterocycles. The van der Waals surface area contributed by atoms with E-state index in [1.165, 1.54) is 31.4 Å². The van der Waals surface area contributed by atoms with Crippen LogP contribution in [-0.4, -0.2) is 22.6 Å². The van der Waals surface area contributed by atoms with Gasteiger partial charge in [0.15, 0.2) is 0 Å². The van der Waals surface area contributed by atoms with Gasteiger partial charge in [0.1, 0.15) is 29.3 Å². The number of aryl methyl sites for hydroxylation is 3. The van der Waals surface area contributed by atoms with Gasteiger partial charge in [0.05, 0.1) is 19.2 Å². The molecule has 0 aliphatic heterocycles. The number of methoxy groups -OCH3 is 1. The van der Waals surface area contributed by atoms with Crippen molar-refractivity contribution >= 4 is 5.97 Å². The highest BCUT2D eigenvalue weighted by Crippen LogP contribution is 2.27. The van der Waals surface area contributed by atoms with E-state index in [-0.39, 0.29) is 11.6 Å². The van der Waals surface area contributed by atoms with Crippen molar-refractivity contribution in [3.63, 3.8) is 0 Å². The average Bonchev–Trinajstić information content (AvgIpc) is 3.27. The molecule has 0 saturated heterocycles. The molecular weight excluding hydrogens is 450 g/mol. The first-order valence-corrected chi connectivity index (χ1v) is 11.3. The molecule has 1 aromatic heterocycles. The van der Waals surface area contributed by atoms with E-state index in [0.29, 0.717) is 30.7 Å². The third-order valence-electron chi connectivity index (χ3n) is 5.89. The molecule has 0 amide bonds. The van der Waals surface area contributed by atoms with Gasteiger partial charge in [-0.2, -0.15) is 0 Å². The van der Waals surface area contributed by atoms with E-state index in [1.54, 1.807) is 36.5 Å². The van der Waals surface area contributed by atoms with Gasteiger partial charge < -0.3 is 14.0 Å². The molecule has 0 aliphatic carbocycles. The first-order valence-electron chi connectivity index (χ1n) is 11.3. The lowest BCUT2D eigenvalue weighted by atomic mass is 9.99.